The van der Waals surface area contributed by atoms with Crippen LogP contribution in [0.5, 0.6) is 0 Å². The lowest BCUT2D eigenvalue weighted by atomic mass is 10.1. The number of thioether (sulfide) groups is 1. The minimum atomic E-state index is 0.0370. The van der Waals surface area contributed by atoms with E-state index in [1.807, 2.05) is 48.8 Å². The summed E-state index contributed by atoms with van der Waals surface area (Å²) in [6.07, 6.45) is 1.08. The first-order valence-corrected chi connectivity index (χ1v) is 6.96. The van der Waals surface area contributed by atoms with Crippen molar-refractivity contribution >= 4 is 23.4 Å². The van der Waals surface area contributed by atoms with E-state index < -0.39 is 0 Å². The largest absolute Gasteiger partial charge is 0.398 e. The maximum absolute atomic E-state index is 12.3. The molecule has 0 radical (unpaired) electrons. The van der Waals surface area contributed by atoms with Gasteiger partial charge in [0.15, 0.2) is 0 Å². The SMILES string of the molecule is Cc1ccc(C(=O)N(C)C2CCSC2)c(N)c1. The zero-order chi connectivity index (χ0) is 12.4. The van der Waals surface area contributed by atoms with Gasteiger partial charge in [-0.1, -0.05) is 6.07 Å². The van der Waals surface area contributed by atoms with Crippen molar-refractivity contribution in [1.29, 1.82) is 0 Å². The molecule has 2 rings (SSSR count). The number of nitrogen functional groups attached to an aromatic ring is 1. The van der Waals surface area contributed by atoms with Crippen LogP contribution in [-0.4, -0.2) is 35.4 Å². The van der Waals surface area contributed by atoms with Crippen LogP contribution in [0, 0.1) is 6.92 Å². The molecule has 0 bridgehead atoms. The van der Waals surface area contributed by atoms with E-state index in [1.165, 1.54) is 0 Å². The molecule has 17 heavy (non-hydrogen) atoms. The van der Waals surface area contributed by atoms with E-state index in [0.717, 1.165) is 23.5 Å². The number of carbonyl (C=O) groups excluding carboxylic acids is 1. The van der Waals surface area contributed by atoms with Crippen molar-refractivity contribution in [2.75, 3.05) is 24.3 Å². The van der Waals surface area contributed by atoms with Crippen molar-refractivity contribution < 1.29 is 4.79 Å². The maximum atomic E-state index is 12.3. The third-order valence-electron chi connectivity index (χ3n) is 3.21. The molecule has 0 aromatic heterocycles. The maximum Gasteiger partial charge on any atom is 0.255 e. The van der Waals surface area contributed by atoms with Gasteiger partial charge in [-0.2, -0.15) is 11.8 Å². The first-order chi connectivity index (χ1) is 8.09. The summed E-state index contributed by atoms with van der Waals surface area (Å²) >= 11 is 1.90. The summed E-state index contributed by atoms with van der Waals surface area (Å²) in [5.41, 5.74) is 8.18. The monoisotopic (exact) mass is 250 g/mol. The van der Waals surface area contributed by atoms with Gasteiger partial charge >= 0.3 is 0 Å². The van der Waals surface area contributed by atoms with Gasteiger partial charge in [-0.25, -0.2) is 0 Å². The molecule has 1 unspecified atom stereocenters. The summed E-state index contributed by atoms with van der Waals surface area (Å²) in [5.74, 6) is 2.22. The molecule has 1 aliphatic rings. The van der Waals surface area contributed by atoms with Crippen LogP contribution >= 0.6 is 11.8 Å². The van der Waals surface area contributed by atoms with E-state index in [-0.39, 0.29) is 5.91 Å². The van der Waals surface area contributed by atoms with Crippen LogP contribution in [0.25, 0.3) is 0 Å². The van der Waals surface area contributed by atoms with Gasteiger partial charge in [-0.05, 0) is 36.8 Å². The lowest BCUT2D eigenvalue weighted by molar-refractivity contribution is 0.0749. The molecule has 0 aliphatic carbocycles. The number of amides is 1. The molecule has 0 spiro atoms. The van der Waals surface area contributed by atoms with E-state index in [9.17, 15) is 4.79 Å². The van der Waals surface area contributed by atoms with Crippen molar-refractivity contribution in [3.05, 3.63) is 29.3 Å². The molecule has 2 N–H and O–H groups in total. The molecule has 4 heteroatoms. The van der Waals surface area contributed by atoms with Gasteiger partial charge in [-0.3, -0.25) is 4.79 Å². The number of anilines is 1. The molecule has 1 atom stereocenters. The van der Waals surface area contributed by atoms with Gasteiger partial charge in [0.05, 0.1) is 5.56 Å². The summed E-state index contributed by atoms with van der Waals surface area (Å²) < 4.78 is 0. The molecule has 1 aromatic rings. The van der Waals surface area contributed by atoms with Gasteiger partial charge < -0.3 is 10.6 Å². The lowest BCUT2D eigenvalue weighted by Gasteiger charge is -2.24. The number of carbonyl (C=O) groups is 1. The molecule has 1 amide bonds. The second-order valence-corrected chi connectivity index (χ2v) is 5.67. The number of benzene rings is 1. The topological polar surface area (TPSA) is 46.3 Å². The van der Waals surface area contributed by atoms with Crippen LogP contribution in [-0.2, 0) is 0 Å². The quantitative estimate of drug-likeness (QED) is 0.818. The van der Waals surface area contributed by atoms with Crippen LogP contribution in [0.2, 0.25) is 0 Å². The molecular weight excluding hydrogens is 232 g/mol. The van der Waals surface area contributed by atoms with E-state index in [2.05, 4.69) is 0 Å². The van der Waals surface area contributed by atoms with Crippen molar-refractivity contribution in [1.82, 2.24) is 4.90 Å². The predicted octanol–water partition coefficient (Wildman–Crippen LogP) is 2.15. The Kier molecular flexibility index (Phi) is 3.62. The number of hydrogen-bond acceptors (Lipinski definition) is 3. The van der Waals surface area contributed by atoms with Crippen LogP contribution in [0.1, 0.15) is 22.3 Å². The second kappa shape index (κ2) is 5.00. The lowest BCUT2D eigenvalue weighted by Crippen LogP contribution is -2.37. The van der Waals surface area contributed by atoms with Crippen molar-refractivity contribution in [3.8, 4) is 0 Å². The zero-order valence-electron chi connectivity index (χ0n) is 10.3. The van der Waals surface area contributed by atoms with E-state index in [1.54, 1.807) is 0 Å². The fourth-order valence-corrected chi connectivity index (χ4v) is 3.33. The predicted molar refractivity (Wildman–Crippen MR) is 73.4 cm³/mol. The van der Waals surface area contributed by atoms with Crippen molar-refractivity contribution in [2.24, 2.45) is 0 Å². The van der Waals surface area contributed by atoms with E-state index >= 15 is 0 Å². The van der Waals surface area contributed by atoms with Crippen LogP contribution in [0.4, 0.5) is 5.69 Å². The first kappa shape index (κ1) is 12.3. The van der Waals surface area contributed by atoms with E-state index in [4.69, 9.17) is 5.73 Å². The van der Waals surface area contributed by atoms with Crippen molar-refractivity contribution in [2.45, 2.75) is 19.4 Å². The Labute approximate surface area is 106 Å². The summed E-state index contributed by atoms with van der Waals surface area (Å²) in [5, 5.41) is 0. The number of aryl methyl sites for hydroxylation is 1. The number of nitrogens with two attached hydrogens (primary N) is 1. The highest BCUT2D eigenvalue weighted by Crippen LogP contribution is 2.24. The molecule has 1 heterocycles. The Hall–Kier alpha value is -1.16. The summed E-state index contributed by atoms with van der Waals surface area (Å²) in [4.78, 5) is 14.1. The minimum Gasteiger partial charge on any atom is -0.398 e. The Morgan fingerprint density at radius 1 is 1.53 bits per heavy atom. The first-order valence-electron chi connectivity index (χ1n) is 5.80. The molecule has 1 fully saturated rings. The Bertz CT molecular complexity index is 427. The molecule has 1 saturated heterocycles. The Morgan fingerprint density at radius 3 is 2.88 bits per heavy atom. The summed E-state index contributed by atoms with van der Waals surface area (Å²) in [6, 6.07) is 5.96. The average Bonchev–Trinajstić information content (AvgIpc) is 2.80. The number of hydrogen-bond donors (Lipinski definition) is 1. The van der Waals surface area contributed by atoms with Gasteiger partial charge in [-0.15, -0.1) is 0 Å². The van der Waals surface area contributed by atoms with Gasteiger partial charge in [0, 0.05) is 24.5 Å². The fraction of sp³-hybridized carbons (Fsp3) is 0.462. The van der Waals surface area contributed by atoms with Gasteiger partial charge in [0.2, 0.25) is 0 Å². The Morgan fingerprint density at radius 2 is 2.29 bits per heavy atom. The molecule has 1 aliphatic heterocycles. The highest BCUT2D eigenvalue weighted by atomic mass is 32.2. The second-order valence-electron chi connectivity index (χ2n) is 4.52. The highest BCUT2D eigenvalue weighted by molar-refractivity contribution is 7.99. The van der Waals surface area contributed by atoms with Crippen molar-refractivity contribution in [3.63, 3.8) is 0 Å². The molecular formula is C13H18N2OS. The smallest absolute Gasteiger partial charge is 0.255 e. The number of nitrogens with zero attached hydrogens (tertiary/aromatic N) is 1. The number of rotatable bonds is 2. The van der Waals surface area contributed by atoms with Crippen LogP contribution < -0.4 is 5.73 Å². The van der Waals surface area contributed by atoms with Crippen LogP contribution in [0.15, 0.2) is 18.2 Å². The van der Waals surface area contributed by atoms with Gasteiger partial charge in [0.25, 0.3) is 5.91 Å². The zero-order valence-corrected chi connectivity index (χ0v) is 11.1. The highest BCUT2D eigenvalue weighted by Gasteiger charge is 2.25. The third-order valence-corrected chi connectivity index (χ3v) is 4.36. The van der Waals surface area contributed by atoms with Crippen LogP contribution in [0.3, 0.4) is 0 Å². The normalized spacial score (nSPS) is 19.3. The third kappa shape index (κ3) is 2.57. The van der Waals surface area contributed by atoms with Gasteiger partial charge in [0.1, 0.15) is 0 Å². The molecule has 1 aromatic carbocycles. The standard InChI is InChI=1S/C13H18N2OS/c1-9-3-4-11(12(14)7-9)13(16)15(2)10-5-6-17-8-10/h3-4,7,10H,5-6,8,14H2,1-2H3. The average molecular weight is 250 g/mol. The minimum absolute atomic E-state index is 0.0370. The fourth-order valence-electron chi connectivity index (χ4n) is 2.06. The van der Waals surface area contributed by atoms with E-state index in [0.29, 0.717) is 17.3 Å². The molecule has 0 saturated carbocycles. The molecule has 3 nitrogen and oxygen atoms in total. The Balaban J connectivity index is 2.18. The summed E-state index contributed by atoms with van der Waals surface area (Å²) in [7, 11) is 1.87. The summed E-state index contributed by atoms with van der Waals surface area (Å²) in [6.45, 7) is 1.97. The molecule has 92 valence electrons.